The van der Waals surface area contributed by atoms with E-state index in [2.05, 4.69) is 19.2 Å². The minimum absolute atomic E-state index is 0.213. The average Bonchev–Trinajstić information content (AvgIpc) is 3.01. The molecule has 32 heavy (non-hydrogen) atoms. The zero-order chi connectivity index (χ0) is 24.0. The number of hydrogen-bond donors (Lipinski definition) is 4. The molecule has 1 amide bonds. The smallest absolute Gasteiger partial charge is 0.235 e. The standard InChI is InChI=1S/C25H39NO6/c1-12(2)9-17-21-14(4)15(5)22(29)16-10-13(3)7-8-18(27)23(30)19(32-6)11-20(28)25(16,21)24(31)26-17/h10,12,16-19,21-23,27,29-30H,7-9,11H2,1-6H3,(H,26,31)/b13-10+/t16-,17-,18?,19?,21-,22-,23?,25-/m0/s1. The topological polar surface area (TPSA) is 116 Å². The summed E-state index contributed by atoms with van der Waals surface area (Å²) < 4.78 is 5.42. The lowest BCUT2D eigenvalue weighted by atomic mass is 9.54. The SMILES string of the molecule is COC1CC(=O)[C@]23C(=O)N[C@@H](CC(C)C)[C@@H]2C(C)=C(C)[C@H](O)[C@@H]3/C=C(\C)CCC(O)C1O. The molecule has 3 aliphatic rings. The minimum Gasteiger partial charge on any atom is -0.390 e. The molecule has 1 fully saturated rings. The molecule has 1 aliphatic heterocycles. The molecular weight excluding hydrogens is 410 g/mol. The van der Waals surface area contributed by atoms with Gasteiger partial charge in [-0.05, 0) is 51.5 Å². The van der Waals surface area contributed by atoms with Crippen LogP contribution in [-0.2, 0) is 14.3 Å². The first kappa shape index (κ1) is 25.1. The normalized spacial score (nSPS) is 42.7. The van der Waals surface area contributed by atoms with Crippen molar-refractivity contribution in [2.24, 2.45) is 23.2 Å². The molecule has 7 nitrogen and oxygen atoms in total. The molecule has 1 spiro atoms. The molecule has 2 aliphatic carbocycles. The Hall–Kier alpha value is -1.54. The molecule has 1 saturated heterocycles. The molecule has 0 bridgehead atoms. The third-order valence-corrected chi connectivity index (χ3v) is 7.93. The van der Waals surface area contributed by atoms with Crippen molar-refractivity contribution in [3.8, 4) is 0 Å². The van der Waals surface area contributed by atoms with Crippen LogP contribution in [0, 0.1) is 23.2 Å². The first-order valence-corrected chi connectivity index (χ1v) is 11.7. The summed E-state index contributed by atoms with van der Waals surface area (Å²) in [5.74, 6) is -1.51. The second-order valence-electron chi connectivity index (χ2n) is 10.4. The van der Waals surface area contributed by atoms with Crippen LogP contribution < -0.4 is 5.32 Å². The fourth-order valence-corrected chi connectivity index (χ4v) is 6.12. The molecule has 0 aromatic carbocycles. The van der Waals surface area contributed by atoms with Crippen molar-refractivity contribution in [2.75, 3.05) is 7.11 Å². The first-order valence-electron chi connectivity index (χ1n) is 11.7. The lowest BCUT2D eigenvalue weighted by molar-refractivity contribution is -0.151. The quantitative estimate of drug-likeness (QED) is 0.386. The molecule has 4 N–H and O–H groups in total. The van der Waals surface area contributed by atoms with Crippen LogP contribution in [0.3, 0.4) is 0 Å². The second kappa shape index (κ2) is 9.37. The summed E-state index contributed by atoms with van der Waals surface area (Å²) in [4.78, 5) is 27.8. The van der Waals surface area contributed by atoms with Crippen LogP contribution >= 0.6 is 0 Å². The number of ether oxygens (including phenoxy) is 1. The molecule has 7 heteroatoms. The van der Waals surface area contributed by atoms with Crippen LogP contribution in [0.2, 0.25) is 0 Å². The molecule has 3 rings (SSSR count). The maximum absolute atomic E-state index is 14.1. The van der Waals surface area contributed by atoms with Crippen molar-refractivity contribution in [1.82, 2.24) is 5.32 Å². The van der Waals surface area contributed by atoms with Crippen molar-refractivity contribution < 1.29 is 29.6 Å². The van der Waals surface area contributed by atoms with Gasteiger partial charge in [0, 0.05) is 31.4 Å². The van der Waals surface area contributed by atoms with Gasteiger partial charge < -0.3 is 25.4 Å². The first-order chi connectivity index (χ1) is 15.0. The van der Waals surface area contributed by atoms with Gasteiger partial charge in [-0.15, -0.1) is 0 Å². The third-order valence-electron chi connectivity index (χ3n) is 7.93. The predicted octanol–water partition coefficient (Wildman–Crippen LogP) is 1.90. The van der Waals surface area contributed by atoms with E-state index in [1.165, 1.54) is 7.11 Å². The van der Waals surface area contributed by atoms with Gasteiger partial charge in [0.05, 0.1) is 18.3 Å². The Morgan fingerprint density at radius 2 is 1.81 bits per heavy atom. The highest BCUT2D eigenvalue weighted by Crippen LogP contribution is 2.56. The van der Waals surface area contributed by atoms with E-state index in [9.17, 15) is 24.9 Å². The molecule has 3 unspecified atom stereocenters. The highest BCUT2D eigenvalue weighted by Gasteiger charge is 2.67. The number of ketones is 1. The number of carbonyl (C=O) groups is 2. The van der Waals surface area contributed by atoms with Crippen LogP contribution in [0.4, 0.5) is 0 Å². The number of Topliss-reactive ketones (excluding diaryl/α,β-unsaturated/α-hetero) is 1. The van der Waals surface area contributed by atoms with Crippen LogP contribution in [0.5, 0.6) is 0 Å². The van der Waals surface area contributed by atoms with E-state index in [4.69, 9.17) is 4.74 Å². The summed E-state index contributed by atoms with van der Waals surface area (Å²) in [6.45, 7) is 9.84. The van der Waals surface area contributed by atoms with Crippen molar-refractivity contribution in [1.29, 1.82) is 0 Å². The van der Waals surface area contributed by atoms with E-state index >= 15 is 0 Å². The van der Waals surface area contributed by atoms with Gasteiger partial charge in [-0.25, -0.2) is 0 Å². The number of carbonyl (C=O) groups excluding carboxylic acids is 2. The van der Waals surface area contributed by atoms with Crippen molar-refractivity contribution in [3.63, 3.8) is 0 Å². The maximum Gasteiger partial charge on any atom is 0.235 e. The summed E-state index contributed by atoms with van der Waals surface area (Å²) in [6, 6.07) is -0.216. The van der Waals surface area contributed by atoms with Gasteiger partial charge in [0.15, 0.2) is 5.78 Å². The number of aliphatic hydroxyl groups excluding tert-OH is 3. The third kappa shape index (κ3) is 3.98. The van der Waals surface area contributed by atoms with Crippen LogP contribution in [0.15, 0.2) is 22.8 Å². The Labute approximate surface area is 190 Å². The largest absolute Gasteiger partial charge is 0.390 e. The van der Waals surface area contributed by atoms with E-state index in [-0.39, 0.29) is 30.1 Å². The van der Waals surface area contributed by atoms with Gasteiger partial charge in [0.25, 0.3) is 0 Å². The number of aliphatic hydroxyl groups is 3. The Balaban J connectivity index is 2.24. The van der Waals surface area contributed by atoms with E-state index in [1.807, 2.05) is 26.8 Å². The van der Waals surface area contributed by atoms with Crippen molar-refractivity contribution >= 4 is 11.7 Å². The van der Waals surface area contributed by atoms with E-state index < -0.39 is 35.7 Å². The summed E-state index contributed by atoms with van der Waals surface area (Å²) in [6.07, 6.45) is -1.06. The molecule has 0 aromatic rings. The molecule has 0 saturated carbocycles. The van der Waals surface area contributed by atoms with Crippen LogP contribution in [0.1, 0.15) is 60.3 Å². The van der Waals surface area contributed by atoms with Gasteiger partial charge >= 0.3 is 0 Å². The molecular formula is C25H39NO6. The van der Waals surface area contributed by atoms with E-state index in [1.54, 1.807) is 0 Å². The monoisotopic (exact) mass is 449 g/mol. The summed E-state index contributed by atoms with van der Waals surface area (Å²) in [5.41, 5.74) is 1.07. The number of rotatable bonds is 3. The lowest BCUT2D eigenvalue weighted by Crippen LogP contribution is -2.56. The Kier molecular flexibility index (Phi) is 7.35. The van der Waals surface area contributed by atoms with Gasteiger partial charge in [-0.3, -0.25) is 9.59 Å². The molecule has 0 aromatic heterocycles. The van der Waals surface area contributed by atoms with Gasteiger partial charge in [0.1, 0.15) is 11.5 Å². The molecule has 0 radical (unpaired) electrons. The van der Waals surface area contributed by atoms with Crippen molar-refractivity contribution in [3.05, 3.63) is 22.8 Å². The average molecular weight is 450 g/mol. The summed E-state index contributed by atoms with van der Waals surface area (Å²) >= 11 is 0. The Morgan fingerprint density at radius 3 is 2.41 bits per heavy atom. The van der Waals surface area contributed by atoms with Gasteiger partial charge in [-0.2, -0.15) is 0 Å². The molecule has 1 heterocycles. The fourth-order valence-electron chi connectivity index (χ4n) is 6.12. The van der Waals surface area contributed by atoms with Crippen LogP contribution in [-0.4, -0.2) is 64.6 Å². The number of amides is 1. The Morgan fingerprint density at radius 1 is 1.16 bits per heavy atom. The number of methoxy groups -OCH3 is 1. The molecule has 180 valence electrons. The zero-order valence-corrected chi connectivity index (χ0v) is 20.1. The highest BCUT2D eigenvalue weighted by atomic mass is 16.5. The predicted molar refractivity (Wildman–Crippen MR) is 121 cm³/mol. The summed E-state index contributed by atoms with van der Waals surface area (Å²) in [5, 5.41) is 35.5. The van der Waals surface area contributed by atoms with E-state index in [0.29, 0.717) is 18.8 Å². The second-order valence-corrected chi connectivity index (χ2v) is 10.4. The number of nitrogens with one attached hydrogen (secondary N) is 1. The minimum atomic E-state index is -1.48. The number of hydrogen-bond acceptors (Lipinski definition) is 6. The molecule has 8 atom stereocenters. The number of allylic oxidation sites excluding steroid dienone is 1. The highest BCUT2D eigenvalue weighted by molar-refractivity contribution is 6.10. The van der Waals surface area contributed by atoms with Crippen LogP contribution in [0.25, 0.3) is 0 Å². The van der Waals surface area contributed by atoms with E-state index in [0.717, 1.165) is 23.1 Å². The zero-order valence-electron chi connectivity index (χ0n) is 20.1. The van der Waals surface area contributed by atoms with Gasteiger partial charge in [-0.1, -0.05) is 31.1 Å². The lowest BCUT2D eigenvalue weighted by Gasteiger charge is -2.46. The Bertz CT molecular complexity index is 817. The van der Waals surface area contributed by atoms with Gasteiger partial charge in [0.2, 0.25) is 5.91 Å². The maximum atomic E-state index is 14.1. The van der Waals surface area contributed by atoms with Crippen molar-refractivity contribution in [2.45, 2.75) is 90.8 Å². The summed E-state index contributed by atoms with van der Waals surface area (Å²) in [7, 11) is 1.39. The fraction of sp³-hybridized carbons (Fsp3) is 0.760.